The monoisotopic (exact) mass is 433 g/mol. The third kappa shape index (κ3) is 3.34. The van der Waals surface area contributed by atoms with E-state index in [9.17, 15) is 9.00 Å². The second kappa shape index (κ2) is 6.34. The van der Waals surface area contributed by atoms with Gasteiger partial charge in [-0.05, 0) is 61.4 Å². The van der Waals surface area contributed by atoms with Crippen molar-refractivity contribution in [1.29, 1.82) is 4.78 Å². The summed E-state index contributed by atoms with van der Waals surface area (Å²) in [6, 6.07) is 8.44. The number of benzene rings is 1. The Morgan fingerprint density at radius 1 is 1.24 bits per heavy atom. The fourth-order valence-corrected chi connectivity index (χ4v) is 5.33. The zero-order chi connectivity index (χ0) is 20.4. The van der Waals surface area contributed by atoms with Crippen LogP contribution in [0.5, 0.6) is 0 Å². The molecule has 0 bridgehead atoms. The summed E-state index contributed by atoms with van der Waals surface area (Å²) < 4.78 is 30.4. The smallest absolute Gasteiger partial charge is 0.287 e. The van der Waals surface area contributed by atoms with Gasteiger partial charge in [0, 0.05) is 23.2 Å². The molecule has 2 saturated carbocycles. The molecule has 0 unspecified atom stereocenters. The second-order valence-corrected chi connectivity index (χ2v) is 10.8. The minimum Gasteiger partial charge on any atom is -0.441 e. The molecule has 0 saturated heterocycles. The van der Waals surface area contributed by atoms with E-state index < -0.39 is 9.73 Å². The van der Waals surface area contributed by atoms with E-state index in [1.54, 1.807) is 6.07 Å². The van der Waals surface area contributed by atoms with Gasteiger partial charge in [0.05, 0.1) is 0 Å². The molecule has 2 aliphatic carbocycles. The number of oxazole rings is 1. The molecule has 2 aliphatic rings. The highest BCUT2D eigenvalue weighted by Gasteiger charge is 2.54. The van der Waals surface area contributed by atoms with E-state index in [1.165, 1.54) is 18.4 Å². The lowest BCUT2D eigenvalue weighted by Gasteiger charge is -2.57. The van der Waals surface area contributed by atoms with Gasteiger partial charge in [-0.3, -0.25) is 4.79 Å². The summed E-state index contributed by atoms with van der Waals surface area (Å²) in [5.74, 6) is 0.841. The topological polar surface area (TPSA) is 109 Å². The maximum absolute atomic E-state index is 12.3. The lowest BCUT2D eigenvalue weighted by atomic mass is 9.50. The second-order valence-electron chi connectivity index (χ2n) is 8.31. The van der Waals surface area contributed by atoms with Crippen LogP contribution in [0.1, 0.15) is 48.0 Å². The number of nitrogens with one attached hydrogen (secondary N) is 2. The highest BCUT2D eigenvalue weighted by molar-refractivity contribution is 7.91. The van der Waals surface area contributed by atoms with Gasteiger partial charge in [-0.2, -0.15) is 0 Å². The number of rotatable bonds is 4. The number of amides is 1. The molecule has 2 N–H and O–H groups in total. The molecule has 152 valence electrons. The number of nitrogens with zero attached hydrogens (tertiary/aromatic N) is 1. The van der Waals surface area contributed by atoms with Crippen molar-refractivity contribution in [2.45, 2.75) is 42.7 Å². The van der Waals surface area contributed by atoms with Crippen molar-refractivity contribution in [3.8, 4) is 0 Å². The van der Waals surface area contributed by atoms with Crippen molar-refractivity contribution in [2.24, 2.45) is 5.41 Å². The Morgan fingerprint density at radius 3 is 2.69 bits per heavy atom. The number of furan rings is 1. The molecule has 7 nitrogen and oxygen atoms in total. The number of carbonyl (C=O) groups excluding carboxylic acids is 1. The van der Waals surface area contributed by atoms with Crippen molar-refractivity contribution in [3.63, 3.8) is 0 Å². The number of halogens is 1. The molecule has 1 spiro atoms. The molecule has 5 rings (SSSR count). The van der Waals surface area contributed by atoms with Crippen LogP contribution in [0.15, 0.2) is 44.3 Å². The van der Waals surface area contributed by atoms with Gasteiger partial charge in [0.2, 0.25) is 0 Å². The first kappa shape index (κ1) is 18.7. The Kier molecular flexibility index (Phi) is 4.08. The van der Waals surface area contributed by atoms with Gasteiger partial charge < -0.3 is 14.2 Å². The highest BCUT2D eigenvalue weighted by Crippen LogP contribution is 2.61. The maximum atomic E-state index is 12.3. The Labute approximate surface area is 172 Å². The van der Waals surface area contributed by atoms with Crippen LogP contribution in [0, 0.1) is 10.2 Å². The number of hydrogen-bond donors (Lipinski definition) is 2. The van der Waals surface area contributed by atoms with Gasteiger partial charge in [0.15, 0.2) is 22.3 Å². The summed E-state index contributed by atoms with van der Waals surface area (Å²) in [6.45, 7) is 0. The summed E-state index contributed by atoms with van der Waals surface area (Å²) in [4.78, 5) is 16.9. The Balaban J connectivity index is 1.16. The summed E-state index contributed by atoms with van der Waals surface area (Å²) in [5.41, 5.74) is 1.79. The van der Waals surface area contributed by atoms with Gasteiger partial charge >= 0.3 is 0 Å². The molecule has 1 aromatic carbocycles. The predicted molar refractivity (Wildman–Crippen MR) is 108 cm³/mol. The van der Waals surface area contributed by atoms with E-state index in [0.29, 0.717) is 10.9 Å². The lowest BCUT2D eigenvalue weighted by Crippen LogP contribution is -2.55. The van der Waals surface area contributed by atoms with Crippen molar-refractivity contribution in [2.75, 3.05) is 6.26 Å². The van der Waals surface area contributed by atoms with Crippen LogP contribution in [0.3, 0.4) is 0 Å². The standard InChI is InChI=1S/C20H20ClN3O4S/c1-29(22,26)17-5-4-16(27-17)18(25)23-13-9-20(10-13)7-11(8-20)19-24-14-6-12(21)2-3-15(14)28-19/h2-6,11,13,22H,7-10H2,1H3,(H,23,25)/t11?,13?,20?,29-/m0/s1. The van der Waals surface area contributed by atoms with Crippen LogP contribution in [0.25, 0.3) is 11.1 Å². The number of hydrogen-bond acceptors (Lipinski definition) is 6. The lowest BCUT2D eigenvalue weighted by molar-refractivity contribution is -0.0256. The number of carbonyl (C=O) groups is 1. The van der Waals surface area contributed by atoms with E-state index in [-0.39, 0.29) is 28.2 Å². The molecule has 3 aromatic rings. The average molecular weight is 434 g/mol. The normalized spacial score (nSPS) is 27.9. The van der Waals surface area contributed by atoms with E-state index in [2.05, 4.69) is 10.3 Å². The molecular formula is C20H20ClN3O4S. The molecule has 2 aromatic heterocycles. The maximum Gasteiger partial charge on any atom is 0.287 e. The Bertz CT molecular complexity index is 1220. The molecular weight excluding hydrogens is 414 g/mol. The van der Waals surface area contributed by atoms with E-state index in [1.807, 2.05) is 12.1 Å². The van der Waals surface area contributed by atoms with Gasteiger partial charge in [-0.1, -0.05) is 11.6 Å². The summed E-state index contributed by atoms with van der Waals surface area (Å²) in [6.07, 6.45) is 5.10. The molecule has 0 radical (unpaired) electrons. The zero-order valence-electron chi connectivity index (χ0n) is 15.7. The fraction of sp³-hybridized carbons (Fsp3) is 0.400. The molecule has 2 heterocycles. The number of fused-ring (bicyclic) bond motifs is 1. The van der Waals surface area contributed by atoms with Gasteiger partial charge in [-0.25, -0.2) is 14.0 Å². The first-order valence-electron chi connectivity index (χ1n) is 9.41. The number of aromatic nitrogens is 1. The van der Waals surface area contributed by atoms with Crippen molar-refractivity contribution in [3.05, 3.63) is 47.0 Å². The Hall–Kier alpha value is -2.32. The molecule has 29 heavy (non-hydrogen) atoms. The SMILES string of the molecule is C[S@](=N)(=O)c1ccc(C(=O)NC2CC3(C2)CC(c2nc4cc(Cl)ccc4o2)C3)o1. The van der Waals surface area contributed by atoms with Gasteiger partial charge in [-0.15, -0.1) is 0 Å². The first-order valence-corrected chi connectivity index (χ1v) is 11.8. The quantitative estimate of drug-likeness (QED) is 0.626. The van der Waals surface area contributed by atoms with Crippen LogP contribution < -0.4 is 5.32 Å². The van der Waals surface area contributed by atoms with E-state index >= 15 is 0 Å². The molecule has 0 aliphatic heterocycles. The molecule has 1 atom stereocenters. The van der Waals surface area contributed by atoms with Crippen LogP contribution >= 0.6 is 11.6 Å². The van der Waals surface area contributed by atoms with E-state index in [4.69, 9.17) is 25.2 Å². The summed E-state index contributed by atoms with van der Waals surface area (Å²) >= 11 is 6.01. The molecule has 2 fully saturated rings. The minimum atomic E-state index is -2.96. The van der Waals surface area contributed by atoms with Crippen molar-refractivity contribution < 1.29 is 17.8 Å². The van der Waals surface area contributed by atoms with Crippen LogP contribution in [-0.2, 0) is 9.73 Å². The zero-order valence-corrected chi connectivity index (χ0v) is 17.3. The average Bonchev–Trinajstić information content (AvgIpc) is 3.21. The third-order valence-electron chi connectivity index (χ3n) is 5.96. The van der Waals surface area contributed by atoms with Crippen LogP contribution in [0.4, 0.5) is 0 Å². The van der Waals surface area contributed by atoms with Gasteiger partial charge in [0.25, 0.3) is 5.91 Å². The largest absolute Gasteiger partial charge is 0.441 e. The van der Waals surface area contributed by atoms with Gasteiger partial charge in [0.1, 0.15) is 15.2 Å². The first-order chi connectivity index (χ1) is 13.7. The van der Waals surface area contributed by atoms with Crippen LogP contribution in [0.2, 0.25) is 5.02 Å². The molecule has 1 amide bonds. The molecule has 9 heteroatoms. The Morgan fingerprint density at radius 2 is 2.00 bits per heavy atom. The fourth-order valence-electron chi connectivity index (χ4n) is 4.58. The van der Waals surface area contributed by atoms with E-state index in [0.717, 1.165) is 42.7 Å². The highest BCUT2D eigenvalue weighted by atomic mass is 35.5. The van der Waals surface area contributed by atoms with Crippen molar-refractivity contribution in [1.82, 2.24) is 10.3 Å². The minimum absolute atomic E-state index is 0.0224. The predicted octanol–water partition coefficient (Wildman–Crippen LogP) is 4.57. The van der Waals surface area contributed by atoms with Crippen molar-refractivity contribution >= 4 is 38.3 Å². The third-order valence-corrected chi connectivity index (χ3v) is 7.18. The summed E-state index contributed by atoms with van der Waals surface area (Å²) in [7, 11) is -2.96. The van der Waals surface area contributed by atoms with Crippen LogP contribution in [-0.4, -0.2) is 27.4 Å². The summed E-state index contributed by atoms with van der Waals surface area (Å²) in [5, 5.41) is 3.63.